The Balaban J connectivity index is 1.66. The maximum absolute atomic E-state index is 12.6. The van der Waals surface area contributed by atoms with Crippen LogP contribution in [0.25, 0.3) is 0 Å². The molecule has 0 spiro atoms. The molecule has 1 N–H and O–H groups in total. The molecule has 3 rings (SSSR count). The van der Waals surface area contributed by atoms with E-state index in [0.717, 1.165) is 32.0 Å². The molecule has 1 saturated heterocycles. The van der Waals surface area contributed by atoms with Gasteiger partial charge in [-0.3, -0.25) is 9.69 Å². The van der Waals surface area contributed by atoms with Gasteiger partial charge in [-0.25, -0.2) is 0 Å². The predicted octanol–water partition coefficient (Wildman–Crippen LogP) is 3.10. The van der Waals surface area contributed by atoms with Gasteiger partial charge in [-0.1, -0.05) is 18.5 Å². The summed E-state index contributed by atoms with van der Waals surface area (Å²) in [5.74, 6) is 0.880. The minimum atomic E-state index is -0.111. The molecule has 1 aliphatic carbocycles. The summed E-state index contributed by atoms with van der Waals surface area (Å²) in [6, 6.07) is 4.30. The molecule has 5 nitrogen and oxygen atoms in total. The van der Waals surface area contributed by atoms with E-state index in [1.165, 1.54) is 12.8 Å². The number of amides is 1. The second kappa shape index (κ2) is 7.62. The van der Waals surface area contributed by atoms with E-state index in [1.54, 1.807) is 19.2 Å². The fourth-order valence-corrected chi connectivity index (χ4v) is 3.41. The molecule has 1 aromatic rings. The summed E-state index contributed by atoms with van der Waals surface area (Å²) in [5, 5.41) is 3.52. The second-order valence-electron chi connectivity index (χ2n) is 6.52. The van der Waals surface area contributed by atoms with Crippen LogP contribution in [0, 0.1) is 0 Å². The third-order valence-electron chi connectivity index (χ3n) is 4.56. The van der Waals surface area contributed by atoms with Crippen LogP contribution in [-0.4, -0.2) is 49.7 Å². The molecular weight excluding hydrogens is 328 g/mol. The van der Waals surface area contributed by atoms with Crippen molar-refractivity contribution in [2.24, 2.45) is 0 Å². The van der Waals surface area contributed by atoms with Crippen LogP contribution in [0.3, 0.4) is 0 Å². The summed E-state index contributed by atoms with van der Waals surface area (Å²) in [5.41, 5.74) is 0.505. The monoisotopic (exact) mass is 352 g/mol. The maximum Gasteiger partial charge on any atom is 0.251 e. The van der Waals surface area contributed by atoms with E-state index in [2.05, 4.69) is 10.2 Å². The van der Waals surface area contributed by atoms with Crippen LogP contribution in [0.5, 0.6) is 11.5 Å². The normalized spacial score (nSPS) is 20.9. The fourth-order valence-electron chi connectivity index (χ4n) is 3.14. The molecule has 24 heavy (non-hydrogen) atoms. The summed E-state index contributed by atoms with van der Waals surface area (Å²) >= 11 is 6.29. The van der Waals surface area contributed by atoms with Gasteiger partial charge in [-0.15, -0.1) is 0 Å². The Morgan fingerprint density at radius 1 is 1.38 bits per heavy atom. The van der Waals surface area contributed by atoms with Crippen LogP contribution in [0.15, 0.2) is 12.1 Å². The number of carbonyl (C=O) groups is 1. The van der Waals surface area contributed by atoms with Crippen LogP contribution in [0.2, 0.25) is 5.02 Å². The number of halogens is 1. The number of nitrogens with one attached hydrogen (secondary N) is 1. The summed E-state index contributed by atoms with van der Waals surface area (Å²) < 4.78 is 11.0. The molecule has 0 aromatic heterocycles. The molecule has 1 aliphatic heterocycles. The Morgan fingerprint density at radius 3 is 2.83 bits per heavy atom. The third kappa shape index (κ3) is 3.95. The number of nitrogens with zero attached hydrogens (tertiary/aromatic N) is 1. The zero-order valence-corrected chi connectivity index (χ0v) is 15.1. The highest BCUT2D eigenvalue weighted by atomic mass is 35.5. The van der Waals surface area contributed by atoms with Crippen molar-refractivity contribution in [2.45, 2.75) is 44.7 Å². The highest BCUT2D eigenvalue weighted by Crippen LogP contribution is 2.36. The molecular formula is C18H25ClN2O3. The Kier molecular flexibility index (Phi) is 5.51. The molecule has 1 aromatic carbocycles. The molecule has 1 heterocycles. The van der Waals surface area contributed by atoms with Gasteiger partial charge in [0, 0.05) is 30.7 Å². The lowest BCUT2D eigenvalue weighted by molar-refractivity contribution is 0.0937. The van der Waals surface area contributed by atoms with E-state index >= 15 is 0 Å². The van der Waals surface area contributed by atoms with Gasteiger partial charge in [0.1, 0.15) is 0 Å². The predicted molar refractivity (Wildman–Crippen MR) is 94.3 cm³/mol. The highest BCUT2D eigenvalue weighted by molar-refractivity contribution is 6.32. The standard InChI is InChI=1S/C18H25ClN2O3/c1-3-8-24-17-15(19)9-12(10-16(17)23-2)18(22)20-13-6-7-21(11-13)14-4-5-14/h9-10,13-14H,3-8,11H2,1-2H3,(H,20,22). The number of likely N-dealkylation sites (tertiary alicyclic amines) is 1. The van der Waals surface area contributed by atoms with Crippen LogP contribution in [0.1, 0.15) is 43.0 Å². The number of rotatable bonds is 7. The van der Waals surface area contributed by atoms with Crippen molar-refractivity contribution < 1.29 is 14.3 Å². The van der Waals surface area contributed by atoms with Crippen molar-refractivity contribution in [2.75, 3.05) is 26.8 Å². The second-order valence-corrected chi connectivity index (χ2v) is 6.93. The molecule has 132 valence electrons. The first-order valence-corrected chi connectivity index (χ1v) is 9.05. The lowest BCUT2D eigenvalue weighted by Crippen LogP contribution is -2.37. The van der Waals surface area contributed by atoms with Gasteiger partial charge in [0.05, 0.1) is 18.7 Å². The highest BCUT2D eigenvalue weighted by Gasteiger charge is 2.34. The van der Waals surface area contributed by atoms with Crippen molar-refractivity contribution in [3.63, 3.8) is 0 Å². The Labute approximate surface area is 148 Å². The smallest absolute Gasteiger partial charge is 0.251 e. The molecule has 0 bridgehead atoms. The largest absolute Gasteiger partial charge is 0.493 e. The maximum atomic E-state index is 12.6. The van der Waals surface area contributed by atoms with Crippen molar-refractivity contribution in [3.8, 4) is 11.5 Å². The fraction of sp³-hybridized carbons (Fsp3) is 0.611. The lowest BCUT2D eigenvalue weighted by Gasteiger charge is -2.17. The summed E-state index contributed by atoms with van der Waals surface area (Å²) in [7, 11) is 1.55. The summed E-state index contributed by atoms with van der Waals surface area (Å²) in [6.45, 7) is 4.60. The Bertz CT molecular complexity index is 604. The Morgan fingerprint density at radius 2 is 2.17 bits per heavy atom. The van der Waals surface area contributed by atoms with Crippen molar-refractivity contribution in [1.29, 1.82) is 0 Å². The molecule has 1 unspecified atom stereocenters. The van der Waals surface area contributed by atoms with Crippen LogP contribution >= 0.6 is 11.6 Å². The van der Waals surface area contributed by atoms with Gasteiger partial charge in [-0.2, -0.15) is 0 Å². The summed E-state index contributed by atoms with van der Waals surface area (Å²) in [6.07, 6.45) is 4.48. The number of carbonyl (C=O) groups excluding carboxylic acids is 1. The Hall–Kier alpha value is -1.46. The van der Waals surface area contributed by atoms with Crippen molar-refractivity contribution >= 4 is 17.5 Å². The first-order valence-electron chi connectivity index (χ1n) is 8.67. The SMILES string of the molecule is CCCOc1c(Cl)cc(C(=O)NC2CCN(C3CC3)C2)cc1OC. The molecule has 2 fully saturated rings. The van der Waals surface area contributed by atoms with Crippen molar-refractivity contribution in [1.82, 2.24) is 10.2 Å². The average molecular weight is 353 g/mol. The first kappa shape index (κ1) is 17.4. The minimum absolute atomic E-state index is 0.111. The van der Waals surface area contributed by atoms with E-state index in [9.17, 15) is 4.79 Å². The summed E-state index contributed by atoms with van der Waals surface area (Å²) in [4.78, 5) is 15.0. The van der Waals surface area contributed by atoms with E-state index in [1.807, 2.05) is 6.92 Å². The minimum Gasteiger partial charge on any atom is -0.493 e. The number of hydrogen-bond acceptors (Lipinski definition) is 4. The first-order chi connectivity index (χ1) is 11.6. The number of methoxy groups -OCH3 is 1. The van der Waals surface area contributed by atoms with Crippen LogP contribution in [0.4, 0.5) is 0 Å². The average Bonchev–Trinajstić information content (AvgIpc) is 3.33. The van der Waals surface area contributed by atoms with Crippen LogP contribution in [-0.2, 0) is 0 Å². The number of benzene rings is 1. The van der Waals surface area contributed by atoms with Crippen molar-refractivity contribution in [3.05, 3.63) is 22.7 Å². The third-order valence-corrected chi connectivity index (χ3v) is 4.84. The van der Waals surface area contributed by atoms with Gasteiger partial charge in [0.25, 0.3) is 5.91 Å². The zero-order valence-electron chi connectivity index (χ0n) is 14.3. The van der Waals surface area contributed by atoms with Gasteiger partial charge in [-0.05, 0) is 37.8 Å². The topological polar surface area (TPSA) is 50.8 Å². The lowest BCUT2D eigenvalue weighted by atomic mass is 10.1. The number of ether oxygens (including phenoxy) is 2. The van der Waals surface area contributed by atoms with Gasteiger partial charge in [0.2, 0.25) is 0 Å². The molecule has 1 saturated carbocycles. The van der Waals surface area contributed by atoms with Gasteiger partial charge >= 0.3 is 0 Å². The van der Waals surface area contributed by atoms with Crippen LogP contribution < -0.4 is 14.8 Å². The molecule has 6 heteroatoms. The van der Waals surface area contributed by atoms with E-state index in [4.69, 9.17) is 21.1 Å². The van der Waals surface area contributed by atoms with Gasteiger partial charge in [0.15, 0.2) is 11.5 Å². The molecule has 0 radical (unpaired) electrons. The van der Waals surface area contributed by atoms with Gasteiger partial charge < -0.3 is 14.8 Å². The quantitative estimate of drug-likeness (QED) is 0.819. The van der Waals surface area contributed by atoms with E-state index < -0.39 is 0 Å². The zero-order chi connectivity index (χ0) is 17.1. The molecule has 2 aliphatic rings. The molecule has 1 atom stereocenters. The number of hydrogen-bond donors (Lipinski definition) is 1. The van der Waals surface area contributed by atoms with E-state index in [0.29, 0.717) is 28.7 Å². The molecule has 1 amide bonds. The van der Waals surface area contributed by atoms with E-state index in [-0.39, 0.29) is 11.9 Å².